The number of hydroxylamine groups is 1. The summed E-state index contributed by atoms with van der Waals surface area (Å²) in [5, 5.41) is 1.92. The van der Waals surface area contributed by atoms with Crippen LogP contribution in [0, 0.1) is 5.92 Å². The third-order valence-corrected chi connectivity index (χ3v) is 5.71. The number of imidazole rings is 1. The van der Waals surface area contributed by atoms with E-state index in [2.05, 4.69) is 61.1 Å². The predicted octanol–water partition coefficient (Wildman–Crippen LogP) is 3.76. The molecule has 0 saturated carbocycles. The second-order valence-electron chi connectivity index (χ2n) is 7.29. The lowest BCUT2D eigenvalue weighted by Crippen LogP contribution is -2.28. The lowest BCUT2D eigenvalue weighted by Gasteiger charge is -2.12. The number of carbonyl (C=O) groups is 1. The Morgan fingerprint density at radius 1 is 1.36 bits per heavy atom. The Morgan fingerprint density at radius 2 is 2.14 bits per heavy atom. The molecular formula is C20H26BrN5O2. The van der Waals surface area contributed by atoms with E-state index in [9.17, 15) is 4.79 Å². The van der Waals surface area contributed by atoms with E-state index in [1.165, 1.54) is 5.56 Å². The molecule has 28 heavy (non-hydrogen) atoms. The summed E-state index contributed by atoms with van der Waals surface area (Å²) in [5.41, 5.74) is 12.4. The van der Waals surface area contributed by atoms with Crippen LogP contribution in [0.25, 0.3) is 21.9 Å². The first kappa shape index (κ1) is 20.5. The Balaban J connectivity index is 1.80. The number of pyridine rings is 1. The molecule has 3 aromatic rings. The molecule has 1 aromatic carbocycles. The molecule has 0 saturated heterocycles. The number of carbonyl (C=O) groups excluding carboxylic acids is 1. The number of halogens is 1. The van der Waals surface area contributed by atoms with Crippen LogP contribution in [0.1, 0.15) is 38.7 Å². The van der Waals surface area contributed by atoms with Crippen molar-refractivity contribution in [1.82, 2.24) is 20.0 Å². The minimum absolute atomic E-state index is 0.100. The van der Waals surface area contributed by atoms with Gasteiger partial charge in [0.1, 0.15) is 5.52 Å². The predicted molar refractivity (Wildman–Crippen MR) is 115 cm³/mol. The number of nitrogens with zero attached hydrogens (tertiary/aromatic N) is 3. The van der Waals surface area contributed by atoms with E-state index in [0.29, 0.717) is 30.4 Å². The Hall–Kier alpha value is -2.19. The van der Waals surface area contributed by atoms with Gasteiger partial charge in [0.25, 0.3) is 0 Å². The third kappa shape index (κ3) is 4.28. The number of rotatable bonds is 8. The van der Waals surface area contributed by atoms with E-state index in [0.717, 1.165) is 28.2 Å². The van der Waals surface area contributed by atoms with Crippen molar-refractivity contribution in [3.63, 3.8) is 0 Å². The maximum Gasteiger partial charge on any atom is 0.246 e. The zero-order valence-electron chi connectivity index (χ0n) is 16.4. The zero-order chi connectivity index (χ0) is 20.3. The zero-order valence-corrected chi connectivity index (χ0v) is 18.0. The summed E-state index contributed by atoms with van der Waals surface area (Å²) in [6.07, 6.45) is 2.51. The van der Waals surface area contributed by atoms with Gasteiger partial charge in [-0.15, -0.1) is 0 Å². The average Bonchev–Trinajstić information content (AvgIpc) is 3.11. The quantitative estimate of drug-likeness (QED) is 0.311. The second-order valence-corrected chi connectivity index (χ2v) is 7.93. The highest BCUT2D eigenvalue weighted by Crippen LogP contribution is 2.30. The monoisotopic (exact) mass is 447 g/mol. The summed E-state index contributed by atoms with van der Waals surface area (Å²) >= 11 is 3.54. The number of anilines is 1. The number of amides is 1. The van der Waals surface area contributed by atoms with Crippen LogP contribution in [0.4, 0.5) is 5.82 Å². The Bertz CT molecular complexity index is 986. The van der Waals surface area contributed by atoms with E-state index >= 15 is 0 Å². The average molecular weight is 448 g/mol. The molecule has 150 valence electrons. The lowest BCUT2D eigenvalue weighted by atomic mass is 10.0. The molecule has 3 rings (SSSR count). The molecule has 1 unspecified atom stereocenters. The van der Waals surface area contributed by atoms with Crippen molar-refractivity contribution in [1.29, 1.82) is 0 Å². The van der Waals surface area contributed by atoms with Gasteiger partial charge >= 0.3 is 0 Å². The number of nitrogens with one attached hydrogen (secondary N) is 1. The fourth-order valence-corrected chi connectivity index (χ4v) is 3.36. The number of hydrogen-bond donors (Lipinski definition) is 2. The Labute approximate surface area is 172 Å². The molecule has 0 spiro atoms. The summed E-state index contributed by atoms with van der Waals surface area (Å²) in [6.45, 7) is 6.93. The van der Waals surface area contributed by atoms with Gasteiger partial charge in [0.05, 0.1) is 24.0 Å². The van der Waals surface area contributed by atoms with Crippen molar-refractivity contribution in [3.8, 4) is 0 Å². The number of fused-ring (bicyclic) bond motifs is 3. The largest absolute Gasteiger partial charge is 0.382 e. The molecule has 2 heterocycles. The first-order valence-electron chi connectivity index (χ1n) is 9.44. The van der Waals surface area contributed by atoms with Crippen LogP contribution in [0.3, 0.4) is 0 Å². The molecule has 0 bridgehead atoms. The molecule has 8 heteroatoms. The SMILES string of the molecule is CC(C)C(=O)NOCCCn1cnc2c(N)nc3cc(C(C)CBr)ccc3c21. The van der Waals surface area contributed by atoms with Crippen LogP contribution in [0.5, 0.6) is 0 Å². The number of aryl methyl sites for hydroxylation is 1. The molecular weight excluding hydrogens is 422 g/mol. The smallest absolute Gasteiger partial charge is 0.246 e. The molecule has 0 aliphatic heterocycles. The third-order valence-electron chi connectivity index (χ3n) is 4.74. The van der Waals surface area contributed by atoms with Crippen LogP contribution >= 0.6 is 15.9 Å². The van der Waals surface area contributed by atoms with Gasteiger partial charge in [-0.25, -0.2) is 15.4 Å². The van der Waals surface area contributed by atoms with E-state index in [4.69, 9.17) is 10.6 Å². The number of alkyl halides is 1. The molecule has 7 nitrogen and oxygen atoms in total. The number of aromatic nitrogens is 3. The normalized spacial score (nSPS) is 12.8. The standard InChI is InChI=1S/C20H26BrN5O2/c1-12(2)20(27)25-28-8-4-7-26-11-23-17-18(26)15-6-5-14(13(3)10-21)9-16(15)24-19(17)22/h5-6,9,11-13H,4,7-8,10H2,1-3H3,(H2,22,24)(H,25,27). The topological polar surface area (TPSA) is 95.1 Å². The number of nitrogens with two attached hydrogens (primary N) is 1. The molecule has 0 aliphatic rings. The maximum atomic E-state index is 11.5. The minimum Gasteiger partial charge on any atom is -0.382 e. The van der Waals surface area contributed by atoms with Crippen molar-refractivity contribution in [3.05, 3.63) is 30.1 Å². The molecule has 0 radical (unpaired) electrons. The fraction of sp³-hybridized carbons (Fsp3) is 0.450. The van der Waals surface area contributed by atoms with Crippen LogP contribution < -0.4 is 11.2 Å². The van der Waals surface area contributed by atoms with Crippen molar-refractivity contribution in [2.24, 2.45) is 5.92 Å². The fourth-order valence-electron chi connectivity index (χ4n) is 2.99. The molecule has 1 amide bonds. The van der Waals surface area contributed by atoms with Gasteiger partial charge in [-0.05, 0) is 24.0 Å². The van der Waals surface area contributed by atoms with Gasteiger partial charge in [-0.2, -0.15) is 0 Å². The number of nitrogen functional groups attached to an aromatic ring is 1. The van der Waals surface area contributed by atoms with Gasteiger partial charge in [0.15, 0.2) is 5.82 Å². The molecule has 0 aliphatic carbocycles. The number of benzene rings is 1. The van der Waals surface area contributed by atoms with Crippen molar-refractivity contribution < 1.29 is 9.63 Å². The van der Waals surface area contributed by atoms with Crippen LogP contribution in [-0.4, -0.2) is 32.4 Å². The van der Waals surface area contributed by atoms with Crippen LogP contribution in [0.2, 0.25) is 0 Å². The first-order chi connectivity index (χ1) is 13.4. The van der Waals surface area contributed by atoms with Gasteiger partial charge in [0.2, 0.25) is 5.91 Å². The van der Waals surface area contributed by atoms with E-state index in [1.807, 2.05) is 13.8 Å². The van der Waals surface area contributed by atoms with Crippen molar-refractivity contribution in [2.75, 3.05) is 17.7 Å². The minimum atomic E-state index is -0.119. The van der Waals surface area contributed by atoms with E-state index in [1.54, 1.807) is 6.33 Å². The highest BCUT2D eigenvalue weighted by molar-refractivity contribution is 9.09. The number of hydrogen-bond acceptors (Lipinski definition) is 5. The first-order valence-corrected chi connectivity index (χ1v) is 10.6. The highest BCUT2D eigenvalue weighted by Gasteiger charge is 2.14. The van der Waals surface area contributed by atoms with Gasteiger partial charge in [0, 0.05) is 23.2 Å². The van der Waals surface area contributed by atoms with E-state index < -0.39 is 0 Å². The molecule has 0 fully saturated rings. The lowest BCUT2D eigenvalue weighted by molar-refractivity contribution is -0.136. The summed E-state index contributed by atoms with van der Waals surface area (Å²) < 4.78 is 2.07. The van der Waals surface area contributed by atoms with Crippen molar-refractivity contribution >= 4 is 49.6 Å². The van der Waals surface area contributed by atoms with E-state index in [-0.39, 0.29) is 11.8 Å². The van der Waals surface area contributed by atoms with Gasteiger partial charge < -0.3 is 10.3 Å². The molecule has 3 N–H and O–H groups in total. The summed E-state index contributed by atoms with van der Waals surface area (Å²) in [4.78, 5) is 25.8. The summed E-state index contributed by atoms with van der Waals surface area (Å²) in [5.74, 6) is 0.611. The molecule has 1 atom stereocenters. The maximum absolute atomic E-state index is 11.5. The van der Waals surface area contributed by atoms with Gasteiger partial charge in [-0.3, -0.25) is 9.63 Å². The Morgan fingerprint density at radius 3 is 2.86 bits per heavy atom. The van der Waals surface area contributed by atoms with Crippen LogP contribution in [-0.2, 0) is 16.2 Å². The second kappa shape index (κ2) is 8.87. The summed E-state index contributed by atoms with van der Waals surface area (Å²) in [7, 11) is 0. The summed E-state index contributed by atoms with van der Waals surface area (Å²) in [6, 6.07) is 6.32. The van der Waals surface area contributed by atoms with Crippen LogP contribution in [0.15, 0.2) is 24.5 Å². The van der Waals surface area contributed by atoms with Crippen molar-refractivity contribution in [2.45, 2.75) is 39.7 Å². The van der Waals surface area contributed by atoms with Gasteiger partial charge in [-0.1, -0.05) is 48.8 Å². The molecule has 2 aromatic heterocycles. The Kier molecular flexibility index (Phi) is 6.51. The highest BCUT2D eigenvalue weighted by atomic mass is 79.9.